The molecule has 0 atom stereocenters. The van der Waals surface area contributed by atoms with Gasteiger partial charge in [-0.2, -0.15) is 0 Å². The summed E-state index contributed by atoms with van der Waals surface area (Å²) in [5.41, 5.74) is 2.94. The van der Waals surface area contributed by atoms with Crippen LogP contribution in [0.4, 0.5) is 0 Å². The summed E-state index contributed by atoms with van der Waals surface area (Å²) in [5.74, 6) is -0.128. The number of aliphatic hydroxyl groups excluding tert-OH is 1. The van der Waals surface area contributed by atoms with E-state index in [0.717, 1.165) is 38.0 Å². The van der Waals surface area contributed by atoms with Crippen molar-refractivity contribution in [2.24, 2.45) is 0 Å². The topological polar surface area (TPSA) is 81.7 Å². The number of amides is 2. The highest BCUT2D eigenvalue weighted by atomic mass is 16.3. The molecule has 0 aliphatic carbocycles. The Morgan fingerprint density at radius 2 is 1.60 bits per heavy atom. The van der Waals surface area contributed by atoms with Gasteiger partial charge in [0.25, 0.3) is 5.91 Å². The number of carbonyl (C=O) groups is 2. The summed E-state index contributed by atoms with van der Waals surface area (Å²) < 4.78 is 0. The number of likely N-dealkylation sites (tertiary alicyclic amines) is 1. The third-order valence-corrected chi connectivity index (χ3v) is 5.38. The van der Waals surface area contributed by atoms with Gasteiger partial charge in [-0.15, -0.1) is 0 Å². The van der Waals surface area contributed by atoms with Gasteiger partial charge in [0, 0.05) is 44.7 Å². The van der Waals surface area contributed by atoms with E-state index in [-0.39, 0.29) is 17.9 Å². The molecule has 0 aromatic heterocycles. The van der Waals surface area contributed by atoms with Crippen molar-refractivity contribution >= 4 is 11.8 Å². The SMILES string of the molecule is O=C(CCCNC(=O)c1ccccc1)NCc1ccc(CN2CCC(O)CC2)cc1. The molecule has 1 fully saturated rings. The molecule has 1 heterocycles. The van der Waals surface area contributed by atoms with E-state index in [9.17, 15) is 14.7 Å². The number of nitrogens with zero attached hydrogens (tertiary/aromatic N) is 1. The molecular formula is C24H31N3O3. The van der Waals surface area contributed by atoms with Crippen LogP contribution in [0.1, 0.15) is 47.2 Å². The maximum Gasteiger partial charge on any atom is 0.251 e. The highest BCUT2D eigenvalue weighted by Gasteiger charge is 2.16. The van der Waals surface area contributed by atoms with Crippen molar-refractivity contribution in [1.82, 2.24) is 15.5 Å². The van der Waals surface area contributed by atoms with Crippen LogP contribution in [-0.4, -0.2) is 47.6 Å². The minimum Gasteiger partial charge on any atom is -0.393 e. The Labute approximate surface area is 178 Å². The fourth-order valence-electron chi connectivity index (χ4n) is 3.53. The van der Waals surface area contributed by atoms with Crippen LogP contribution >= 0.6 is 0 Å². The molecule has 3 rings (SSSR count). The van der Waals surface area contributed by atoms with E-state index in [4.69, 9.17) is 0 Å². The van der Waals surface area contributed by atoms with E-state index < -0.39 is 0 Å². The third-order valence-electron chi connectivity index (χ3n) is 5.38. The highest BCUT2D eigenvalue weighted by Crippen LogP contribution is 2.14. The standard InChI is InChI=1S/C24H31N3O3/c28-22-12-15-27(16-13-22)18-20-10-8-19(9-11-20)17-26-23(29)7-4-14-25-24(30)21-5-2-1-3-6-21/h1-3,5-6,8-11,22,28H,4,7,12-18H2,(H,25,30)(H,26,29). The van der Waals surface area contributed by atoms with Crippen LogP contribution in [0, 0.1) is 0 Å². The van der Waals surface area contributed by atoms with E-state index in [1.165, 1.54) is 5.56 Å². The zero-order valence-electron chi connectivity index (χ0n) is 17.3. The van der Waals surface area contributed by atoms with Gasteiger partial charge >= 0.3 is 0 Å². The lowest BCUT2D eigenvalue weighted by atomic mass is 10.1. The first-order valence-corrected chi connectivity index (χ1v) is 10.7. The maximum absolute atomic E-state index is 12.0. The maximum atomic E-state index is 12.0. The fourth-order valence-corrected chi connectivity index (χ4v) is 3.53. The number of nitrogens with one attached hydrogen (secondary N) is 2. The quantitative estimate of drug-likeness (QED) is 0.556. The molecule has 160 valence electrons. The Morgan fingerprint density at radius 1 is 0.933 bits per heavy atom. The smallest absolute Gasteiger partial charge is 0.251 e. The molecule has 0 saturated carbocycles. The monoisotopic (exact) mass is 409 g/mol. The molecule has 2 amide bonds. The van der Waals surface area contributed by atoms with Gasteiger partial charge in [0.05, 0.1) is 6.10 Å². The molecule has 6 heteroatoms. The van der Waals surface area contributed by atoms with Crippen LogP contribution in [0.15, 0.2) is 54.6 Å². The Hall–Kier alpha value is -2.70. The fraction of sp³-hybridized carbons (Fsp3) is 0.417. The molecule has 0 unspecified atom stereocenters. The zero-order chi connectivity index (χ0) is 21.2. The summed E-state index contributed by atoms with van der Waals surface area (Å²) in [6, 6.07) is 17.4. The first kappa shape index (κ1) is 22.0. The van der Waals surface area contributed by atoms with Crippen molar-refractivity contribution in [3.8, 4) is 0 Å². The molecule has 2 aromatic rings. The second-order valence-corrected chi connectivity index (χ2v) is 7.83. The van der Waals surface area contributed by atoms with E-state index in [2.05, 4.69) is 39.8 Å². The van der Waals surface area contributed by atoms with Gasteiger partial charge in [-0.1, -0.05) is 42.5 Å². The van der Waals surface area contributed by atoms with Gasteiger partial charge in [-0.05, 0) is 42.5 Å². The van der Waals surface area contributed by atoms with Crippen molar-refractivity contribution in [3.05, 3.63) is 71.3 Å². The number of hydrogen-bond acceptors (Lipinski definition) is 4. The molecule has 0 radical (unpaired) electrons. The Kier molecular flexibility index (Phi) is 8.41. The van der Waals surface area contributed by atoms with E-state index in [0.29, 0.717) is 31.5 Å². The number of rotatable bonds is 9. The molecule has 3 N–H and O–H groups in total. The van der Waals surface area contributed by atoms with E-state index in [1.807, 2.05) is 18.2 Å². The Balaban J connectivity index is 1.30. The normalized spacial score (nSPS) is 15.0. The molecule has 2 aromatic carbocycles. The summed E-state index contributed by atoms with van der Waals surface area (Å²) in [5, 5.41) is 15.4. The van der Waals surface area contributed by atoms with Crippen molar-refractivity contribution in [2.75, 3.05) is 19.6 Å². The second kappa shape index (κ2) is 11.5. The van der Waals surface area contributed by atoms with Crippen LogP contribution in [-0.2, 0) is 17.9 Å². The summed E-state index contributed by atoms with van der Waals surface area (Å²) >= 11 is 0. The van der Waals surface area contributed by atoms with Gasteiger partial charge in [0.2, 0.25) is 5.91 Å². The minimum absolute atomic E-state index is 0.0140. The average Bonchev–Trinajstić information content (AvgIpc) is 2.78. The predicted octanol–water partition coefficient (Wildman–Crippen LogP) is 2.47. The predicted molar refractivity (Wildman–Crippen MR) is 117 cm³/mol. The van der Waals surface area contributed by atoms with Gasteiger partial charge < -0.3 is 15.7 Å². The number of hydrogen-bond donors (Lipinski definition) is 3. The van der Waals surface area contributed by atoms with E-state index >= 15 is 0 Å². The minimum atomic E-state index is -0.146. The van der Waals surface area contributed by atoms with Crippen LogP contribution in [0.25, 0.3) is 0 Å². The molecular weight excluding hydrogens is 378 g/mol. The van der Waals surface area contributed by atoms with Crippen molar-refractivity contribution in [2.45, 2.75) is 44.9 Å². The Bertz CT molecular complexity index is 800. The molecule has 0 bridgehead atoms. The highest BCUT2D eigenvalue weighted by molar-refractivity contribution is 5.94. The lowest BCUT2D eigenvalue weighted by Crippen LogP contribution is -2.35. The first-order valence-electron chi connectivity index (χ1n) is 10.7. The summed E-state index contributed by atoms with van der Waals surface area (Å²) in [6.07, 6.45) is 2.54. The van der Waals surface area contributed by atoms with Crippen molar-refractivity contribution in [1.29, 1.82) is 0 Å². The van der Waals surface area contributed by atoms with Gasteiger partial charge in [-0.3, -0.25) is 14.5 Å². The van der Waals surface area contributed by atoms with Crippen LogP contribution < -0.4 is 10.6 Å². The summed E-state index contributed by atoms with van der Waals surface area (Å²) in [6.45, 7) is 3.75. The van der Waals surface area contributed by atoms with Crippen LogP contribution in [0.2, 0.25) is 0 Å². The molecule has 6 nitrogen and oxygen atoms in total. The molecule has 30 heavy (non-hydrogen) atoms. The third kappa shape index (κ3) is 7.28. The van der Waals surface area contributed by atoms with Gasteiger partial charge in [0.1, 0.15) is 0 Å². The lowest BCUT2D eigenvalue weighted by molar-refractivity contribution is -0.121. The molecule has 1 saturated heterocycles. The van der Waals surface area contributed by atoms with Gasteiger partial charge in [0.15, 0.2) is 0 Å². The van der Waals surface area contributed by atoms with Crippen molar-refractivity contribution < 1.29 is 14.7 Å². The number of benzene rings is 2. The molecule has 0 spiro atoms. The zero-order valence-corrected chi connectivity index (χ0v) is 17.3. The Morgan fingerprint density at radius 3 is 2.30 bits per heavy atom. The molecule has 1 aliphatic rings. The second-order valence-electron chi connectivity index (χ2n) is 7.83. The first-order chi connectivity index (χ1) is 14.6. The molecule has 1 aliphatic heterocycles. The van der Waals surface area contributed by atoms with Crippen LogP contribution in [0.5, 0.6) is 0 Å². The largest absolute Gasteiger partial charge is 0.393 e. The number of aliphatic hydroxyl groups is 1. The van der Waals surface area contributed by atoms with Crippen LogP contribution in [0.3, 0.4) is 0 Å². The number of carbonyl (C=O) groups excluding carboxylic acids is 2. The van der Waals surface area contributed by atoms with E-state index in [1.54, 1.807) is 12.1 Å². The summed E-state index contributed by atoms with van der Waals surface area (Å²) in [7, 11) is 0. The van der Waals surface area contributed by atoms with Crippen molar-refractivity contribution in [3.63, 3.8) is 0 Å². The summed E-state index contributed by atoms with van der Waals surface area (Å²) in [4.78, 5) is 26.3. The number of piperidine rings is 1. The lowest BCUT2D eigenvalue weighted by Gasteiger charge is -2.29. The van der Waals surface area contributed by atoms with Gasteiger partial charge in [-0.25, -0.2) is 0 Å². The average molecular weight is 410 g/mol.